The smallest absolute Gasteiger partial charge is 0.335 e. The van der Waals surface area contributed by atoms with Gasteiger partial charge in [-0.3, -0.25) is 4.79 Å². The van der Waals surface area contributed by atoms with E-state index >= 15 is 0 Å². The number of carbonyl (C=O) groups excluding carboxylic acids is 1. The van der Waals surface area contributed by atoms with Crippen LogP contribution in [0.2, 0.25) is 0 Å². The van der Waals surface area contributed by atoms with E-state index in [-0.39, 0.29) is 11.5 Å². The molecule has 1 aliphatic rings. The summed E-state index contributed by atoms with van der Waals surface area (Å²) < 4.78 is 0. The van der Waals surface area contributed by atoms with E-state index in [1.807, 2.05) is 13.0 Å². The Kier molecular flexibility index (Phi) is 3.36. The number of carbonyl (C=O) groups is 2. The molecule has 0 unspecified atom stereocenters. The quantitative estimate of drug-likeness (QED) is 0.861. The van der Waals surface area contributed by atoms with Gasteiger partial charge in [0.1, 0.15) is 0 Å². The Morgan fingerprint density at radius 1 is 1.33 bits per heavy atom. The van der Waals surface area contributed by atoms with Crippen LogP contribution in [0.1, 0.15) is 57.0 Å². The van der Waals surface area contributed by atoms with Crippen molar-refractivity contribution in [2.75, 3.05) is 7.05 Å². The van der Waals surface area contributed by atoms with Crippen LogP contribution in [-0.2, 0) is 0 Å². The van der Waals surface area contributed by atoms with Gasteiger partial charge >= 0.3 is 5.97 Å². The number of aromatic carboxylic acids is 1. The van der Waals surface area contributed by atoms with E-state index in [9.17, 15) is 14.7 Å². The fourth-order valence-corrected chi connectivity index (χ4v) is 2.38. The van der Waals surface area contributed by atoms with E-state index < -0.39 is 5.97 Å². The molecule has 0 saturated heterocycles. The normalized spacial score (nSPS) is 15.0. The molecule has 0 heterocycles. The Hall–Kier alpha value is -1.84. The van der Waals surface area contributed by atoms with Crippen LogP contribution in [0, 0.1) is 6.92 Å². The van der Waals surface area contributed by atoms with E-state index in [1.165, 1.54) is 12.5 Å². The number of benzene rings is 1. The van der Waals surface area contributed by atoms with Gasteiger partial charge in [-0.2, -0.15) is 0 Å². The Bertz CT molecular complexity index is 504. The monoisotopic (exact) mass is 247 g/mol. The number of hydrogen-bond donors (Lipinski definition) is 2. The molecule has 1 fully saturated rings. The van der Waals surface area contributed by atoms with Gasteiger partial charge < -0.3 is 10.4 Å². The van der Waals surface area contributed by atoms with Crippen molar-refractivity contribution in [3.63, 3.8) is 0 Å². The molecular formula is C14H17NO3. The van der Waals surface area contributed by atoms with Crippen molar-refractivity contribution >= 4 is 11.9 Å². The Morgan fingerprint density at radius 3 is 2.44 bits per heavy atom. The summed E-state index contributed by atoms with van der Waals surface area (Å²) in [6.07, 6.45) is 3.34. The molecular weight excluding hydrogens is 230 g/mol. The highest BCUT2D eigenvalue weighted by molar-refractivity contribution is 5.98. The van der Waals surface area contributed by atoms with Gasteiger partial charge in [-0.1, -0.05) is 6.42 Å². The van der Waals surface area contributed by atoms with Gasteiger partial charge in [0.2, 0.25) is 0 Å². The molecule has 0 spiro atoms. The predicted molar refractivity (Wildman–Crippen MR) is 68.1 cm³/mol. The van der Waals surface area contributed by atoms with Crippen molar-refractivity contribution in [2.45, 2.75) is 32.1 Å². The predicted octanol–water partition coefficient (Wildman–Crippen LogP) is 2.32. The number of amides is 1. The molecule has 0 aliphatic heterocycles. The highest BCUT2D eigenvalue weighted by Crippen LogP contribution is 2.39. The summed E-state index contributed by atoms with van der Waals surface area (Å²) in [5, 5.41) is 11.7. The lowest BCUT2D eigenvalue weighted by molar-refractivity contribution is 0.0696. The maximum absolute atomic E-state index is 11.7. The second kappa shape index (κ2) is 4.80. The number of carboxylic acids is 1. The average Bonchev–Trinajstić information content (AvgIpc) is 2.27. The zero-order valence-corrected chi connectivity index (χ0v) is 10.6. The molecule has 1 amide bonds. The van der Waals surface area contributed by atoms with Crippen molar-refractivity contribution in [1.82, 2.24) is 5.32 Å². The third-order valence-corrected chi connectivity index (χ3v) is 3.71. The minimum absolute atomic E-state index is 0.234. The van der Waals surface area contributed by atoms with Gasteiger partial charge in [-0.25, -0.2) is 4.79 Å². The molecule has 1 aliphatic carbocycles. The van der Waals surface area contributed by atoms with Crippen LogP contribution in [0.25, 0.3) is 0 Å². The molecule has 2 N–H and O–H groups in total. The number of hydrogen-bond acceptors (Lipinski definition) is 2. The van der Waals surface area contributed by atoms with Crippen LogP contribution < -0.4 is 5.32 Å². The summed E-state index contributed by atoms with van der Waals surface area (Å²) in [4.78, 5) is 22.9. The van der Waals surface area contributed by atoms with Crippen LogP contribution in [0.5, 0.6) is 0 Å². The molecule has 0 aromatic heterocycles. The first-order valence-electron chi connectivity index (χ1n) is 6.14. The average molecular weight is 247 g/mol. The second-order valence-electron chi connectivity index (χ2n) is 4.75. The first-order chi connectivity index (χ1) is 8.54. The molecule has 18 heavy (non-hydrogen) atoms. The topological polar surface area (TPSA) is 66.4 Å². The molecule has 1 aromatic carbocycles. The minimum Gasteiger partial charge on any atom is -0.478 e. The zero-order valence-electron chi connectivity index (χ0n) is 10.6. The van der Waals surface area contributed by atoms with E-state index in [0.29, 0.717) is 11.5 Å². The lowest BCUT2D eigenvalue weighted by Crippen LogP contribution is -2.21. The minimum atomic E-state index is -0.973. The summed E-state index contributed by atoms with van der Waals surface area (Å²) >= 11 is 0. The number of rotatable bonds is 3. The largest absolute Gasteiger partial charge is 0.478 e. The van der Waals surface area contributed by atoms with Crippen LogP contribution in [0.15, 0.2) is 12.1 Å². The fraction of sp³-hybridized carbons (Fsp3) is 0.429. The molecule has 2 rings (SSSR count). The molecule has 0 bridgehead atoms. The van der Waals surface area contributed by atoms with Gasteiger partial charge in [0.25, 0.3) is 5.91 Å². The third-order valence-electron chi connectivity index (χ3n) is 3.71. The zero-order chi connectivity index (χ0) is 13.3. The van der Waals surface area contributed by atoms with Crippen LogP contribution in [0.3, 0.4) is 0 Å². The van der Waals surface area contributed by atoms with Crippen LogP contribution in [0.4, 0.5) is 0 Å². The fourth-order valence-electron chi connectivity index (χ4n) is 2.38. The van der Waals surface area contributed by atoms with Gasteiger partial charge in [0, 0.05) is 12.6 Å². The summed E-state index contributed by atoms with van der Waals surface area (Å²) in [5.74, 6) is -0.801. The molecule has 1 saturated carbocycles. The lowest BCUT2D eigenvalue weighted by atomic mass is 9.77. The van der Waals surface area contributed by atoms with Crippen molar-refractivity contribution in [1.29, 1.82) is 0 Å². The third kappa shape index (κ3) is 2.10. The van der Waals surface area contributed by atoms with Crippen molar-refractivity contribution in [3.8, 4) is 0 Å². The van der Waals surface area contributed by atoms with Crippen molar-refractivity contribution in [2.24, 2.45) is 0 Å². The van der Waals surface area contributed by atoms with Crippen molar-refractivity contribution in [3.05, 3.63) is 34.4 Å². The first-order valence-corrected chi connectivity index (χ1v) is 6.14. The molecule has 4 heteroatoms. The van der Waals surface area contributed by atoms with E-state index in [0.717, 1.165) is 24.0 Å². The molecule has 1 aromatic rings. The maximum atomic E-state index is 11.7. The maximum Gasteiger partial charge on any atom is 0.335 e. The van der Waals surface area contributed by atoms with Gasteiger partial charge in [0.05, 0.1) is 5.56 Å². The molecule has 0 atom stereocenters. The second-order valence-corrected chi connectivity index (χ2v) is 4.75. The van der Waals surface area contributed by atoms with E-state index in [2.05, 4.69) is 5.32 Å². The Labute approximate surface area is 106 Å². The van der Waals surface area contributed by atoms with Crippen LogP contribution >= 0.6 is 0 Å². The number of carboxylic acid groups (broad SMARTS) is 1. The Morgan fingerprint density at radius 2 is 2.00 bits per heavy atom. The SMILES string of the molecule is CNC(=O)c1cc(C(=O)O)c(C)c(C2CCC2)c1. The standard InChI is InChI=1S/C14H17NO3/c1-8-11(9-4-3-5-9)6-10(13(16)15-2)7-12(8)14(17)18/h6-7,9H,3-5H2,1-2H3,(H,15,16)(H,17,18). The van der Waals surface area contributed by atoms with Gasteiger partial charge in [0.15, 0.2) is 0 Å². The number of nitrogens with one attached hydrogen (secondary N) is 1. The van der Waals surface area contributed by atoms with E-state index in [1.54, 1.807) is 7.05 Å². The highest BCUT2D eigenvalue weighted by Gasteiger charge is 2.25. The molecule has 96 valence electrons. The Balaban J connectivity index is 2.53. The van der Waals surface area contributed by atoms with E-state index in [4.69, 9.17) is 0 Å². The highest BCUT2D eigenvalue weighted by atomic mass is 16.4. The molecule has 4 nitrogen and oxygen atoms in total. The van der Waals surface area contributed by atoms with Crippen LogP contribution in [-0.4, -0.2) is 24.0 Å². The van der Waals surface area contributed by atoms with Gasteiger partial charge in [-0.15, -0.1) is 0 Å². The lowest BCUT2D eigenvalue weighted by Gasteiger charge is -2.28. The summed E-state index contributed by atoms with van der Waals surface area (Å²) in [6.45, 7) is 1.82. The molecule has 0 radical (unpaired) electrons. The van der Waals surface area contributed by atoms with Crippen molar-refractivity contribution < 1.29 is 14.7 Å². The van der Waals surface area contributed by atoms with Gasteiger partial charge in [-0.05, 0) is 48.9 Å². The summed E-state index contributed by atoms with van der Waals surface area (Å²) in [5.41, 5.74) is 2.47. The summed E-state index contributed by atoms with van der Waals surface area (Å²) in [6, 6.07) is 3.29. The summed E-state index contributed by atoms with van der Waals surface area (Å²) in [7, 11) is 1.55. The first kappa shape index (κ1) is 12.6.